The van der Waals surface area contributed by atoms with E-state index in [1.807, 2.05) is 50.4 Å². The van der Waals surface area contributed by atoms with E-state index in [9.17, 15) is 4.79 Å². The summed E-state index contributed by atoms with van der Waals surface area (Å²) < 4.78 is 1.75. The SMILES string of the molecule is Cc1ccc([C@H](C)N(C)C(=O)Nc2ccn(Cc3ccccn3)n2)cc1. The molecular weight excluding hydrogens is 326 g/mol. The number of hydrogen-bond acceptors (Lipinski definition) is 3. The molecule has 0 aliphatic rings. The van der Waals surface area contributed by atoms with Gasteiger partial charge in [0.1, 0.15) is 0 Å². The molecular formula is C20H23N5O. The normalized spacial score (nSPS) is 11.8. The van der Waals surface area contributed by atoms with Crippen LogP contribution < -0.4 is 5.32 Å². The lowest BCUT2D eigenvalue weighted by Crippen LogP contribution is -2.33. The highest BCUT2D eigenvalue weighted by Crippen LogP contribution is 2.20. The van der Waals surface area contributed by atoms with Gasteiger partial charge in [-0.3, -0.25) is 15.0 Å². The molecule has 6 nitrogen and oxygen atoms in total. The molecule has 3 aromatic rings. The number of nitrogens with one attached hydrogen (secondary N) is 1. The molecule has 1 N–H and O–H groups in total. The number of nitrogens with zero attached hydrogens (tertiary/aromatic N) is 4. The molecule has 0 bridgehead atoms. The number of aromatic nitrogens is 3. The van der Waals surface area contributed by atoms with Gasteiger partial charge in [-0.15, -0.1) is 0 Å². The average Bonchev–Trinajstić information content (AvgIpc) is 3.08. The van der Waals surface area contributed by atoms with Crippen molar-refractivity contribution >= 4 is 11.8 Å². The highest BCUT2D eigenvalue weighted by atomic mass is 16.2. The van der Waals surface area contributed by atoms with Crippen LogP contribution in [0.25, 0.3) is 0 Å². The van der Waals surface area contributed by atoms with Gasteiger partial charge in [-0.05, 0) is 31.5 Å². The molecule has 0 unspecified atom stereocenters. The Balaban J connectivity index is 1.61. The molecule has 2 amide bonds. The van der Waals surface area contributed by atoms with E-state index >= 15 is 0 Å². The number of aryl methyl sites for hydroxylation is 1. The Hall–Kier alpha value is -3.15. The zero-order chi connectivity index (χ0) is 18.5. The molecule has 3 rings (SSSR count). The van der Waals surface area contributed by atoms with Crippen LogP contribution in [0, 0.1) is 6.92 Å². The van der Waals surface area contributed by atoms with Crippen molar-refractivity contribution in [2.45, 2.75) is 26.4 Å². The van der Waals surface area contributed by atoms with Crippen LogP contribution in [0.4, 0.5) is 10.6 Å². The first-order valence-electron chi connectivity index (χ1n) is 8.56. The van der Waals surface area contributed by atoms with Gasteiger partial charge in [0.2, 0.25) is 0 Å². The van der Waals surface area contributed by atoms with E-state index in [2.05, 4.69) is 27.5 Å². The number of amides is 2. The number of benzene rings is 1. The predicted molar refractivity (Wildman–Crippen MR) is 102 cm³/mol. The first-order chi connectivity index (χ1) is 12.5. The number of rotatable bonds is 5. The molecule has 0 spiro atoms. The number of pyridine rings is 1. The lowest BCUT2D eigenvalue weighted by molar-refractivity contribution is 0.208. The number of anilines is 1. The molecule has 0 saturated carbocycles. The lowest BCUT2D eigenvalue weighted by Gasteiger charge is -2.25. The van der Waals surface area contributed by atoms with Crippen LogP contribution in [0.15, 0.2) is 60.9 Å². The maximum Gasteiger partial charge on any atom is 0.323 e. The lowest BCUT2D eigenvalue weighted by atomic mass is 10.1. The molecule has 2 heterocycles. The zero-order valence-electron chi connectivity index (χ0n) is 15.3. The Bertz CT molecular complexity index is 857. The van der Waals surface area contributed by atoms with Crippen molar-refractivity contribution in [3.63, 3.8) is 0 Å². The van der Waals surface area contributed by atoms with Gasteiger partial charge in [0, 0.05) is 25.5 Å². The second-order valence-corrected chi connectivity index (χ2v) is 6.35. The maximum atomic E-state index is 12.5. The third-order valence-corrected chi connectivity index (χ3v) is 4.39. The quantitative estimate of drug-likeness (QED) is 0.761. The van der Waals surface area contributed by atoms with Gasteiger partial charge in [-0.25, -0.2) is 4.79 Å². The number of carbonyl (C=O) groups is 1. The Kier molecular flexibility index (Phi) is 5.31. The zero-order valence-corrected chi connectivity index (χ0v) is 15.3. The molecule has 0 aliphatic carbocycles. The summed E-state index contributed by atoms with van der Waals surface area (Å²) >= 11 is 0. The summed E-state index contributed by atoms with van der Waals surface area (Å²) in [5.74, 6) is 0.522. The highest BCUT2D eigenvalue weighted by molar-refractivity contribution is 5.88. The summed E-state index contributed by atoms with van der Waals surface area (Å²) in [5.41, 5.74) is 3.21. The summed E-state index contributed by atoms with van der Waals surface area (Å²) in [4.78, 5) is 18.5. The van der Waals surface area contributed by atoms with Gasteiger partial charge in [-0.1, -0.05) is 35.9 Å². The van der Waals surface area contributed by atoms with Crippen LogP contribution in [0.1, 0.15) is 29.8 Å². The van der Waals surface area contributed by atoms with Crippen molar-refractivity contribution in [1.82, 2.24) is 19.7 Å². The second kappa shape index (κ2) is 7.82. The monoisotopic (exact) mass is 349 g/mol. The Morgan fingerprint density at radius 1 is 1.19 bits per heavy atom. The molecule has 1 atom stereocenters. The predicted octanol–water partition coefficient (Wildman–Crippen LogP) is 3.86. The molecule has 0 aliphatic heterocycles. The van der Waals surface area contributed by atoms with E-state index in [1.165, 1.54) is 5.56 Å². The number of hydrogen-bond donors (Lipinski definition) is 1. The molecule has 0 saturated heterocycles. The maximum absolute atomic E-state index is 12.5. The van der Waals surface area contributed by atoms with Gasteiger partial charge in [0.15, 0.2) is 5.82 Å². The molecule has 1 aromatic carbocycles. The molecule has 0 fully saturated rings. The van der Waals surface area contributed by atoms with E-state index in [4.69, 9.17) is 0 Å². The fourth-order valence-corrected chi connectivity index (χ4v) is 2.62. The van der Waals surface area contributed by atoms with Gasteiger partial charge < -0.3 is 4.90 Å². The third kappa shape index (κ3) is 4.27. The van der Waals surface area contributed by atoms with Crippen LogP contribution in [0.3, 0.4) is 0 Å². The highest BCUT2D eigenvalue weighted by Gasteiger charge is 2.18. The standard InChI is InChI=1S/C20H23N5O/c1-15-7-9-17(10-8-15)16(2)24(3)20(26)22-19-11-13-25(23-19)14-18-6-4-5-12-21-18/h4-13,16H,14H2,1-3H3,(H,22,23,26)/t16-/m0/s1. The van der Waals surface area contributed by atoms with E-state index in [0.29, 0.717) is 12.4 Å². The summed E-state index contributed by atoms with van der Waals surface area (Å²) in [6.07, 6.45) is 3.58. The number of carbonyl (C=O) groups excluding carboxylic acids is 1. The topological polar surface area (TPSA) is 63.1 Å². The molecule has 6 heteroatoms. The van der Waals surface area contributed by atoms with Crippen LogP contribution >= 0.6 is 0 Å². The fraction of sp³-hybridized carbons (Fsp3) is 0.250. The summed E-state index contributed by atoms with van der Waals surface area (Å²) in [6, 6.07) is 15.5. The van der Waals surface area contributed by atoms with Gasteiger partial charge in [-0.2, -0.15) is 5.10 Å². The van der Waals surface area contributed by atoms with Crippen LogP contribution in [-0.2, 0) is 6.54 Å². The van der Waals surface area contributed by atoms with Crippen molar-refractivity contribution in [3.8, 4) is 0 Å². The summed E-state index contributed by atoms with van der Waals surface area (Å²) in [6.45, 7) is 4.61. The van der Waals surface area contributed by atoms with Crippen molar-refractivity contribution in [3.05, 3.63) is 77.7 Å². The van der Waals surface area contributed by atoms with E-state index in [-0.39, 0.29) is 12.1 Å². The van der Waals surface area contributed by atoms with Crippen molar-refractivity contribution in [1.29, 1.82) is 0 Å². The first-order valence-corrected chi connectivity index (χ1v) is 8.56. The Morgan fingerprint density at radius 2 is 1.96 bits per heavy atom. The minimum Gasteiger partial charge on any atom is -0.321 e. The largest absolute Gasteiger partial charge is 0.323 e. The molecule has 0 radical (unpaired) electrons. The van der Waals surface area contributed by atoms with E-state index in [0.717, 1.165) is 11.3 Å². The van der Waals surface area contributed by atoms with Crippen LogP contribution in [0.2, 0.25) is 0 Å². The minimum atomic E-state index is -0.193. The summed E-state index contributed by atoms with van der Waals surface area (Å²) in [7, 11) is 1.78. The fourth-order valence-electron chi connectivity index (χ4n) is 2.62. The van der Waals surface area contributed by atoms with E-state index in [1.54, 1.807) is 28.9 Å². The molecule has 26 heavy (non-hydrogen) atoms. The second-order valence-electron chi connectivity index (χ2n) is 6.35. The third-order valence-electron chi connectivity index (χ3n) is 4.39. The summed E-state index contributed by atoms with van der Waals surface area (Å²) in [5, 5.41) is 7.23. The van der Waals surface area contributed by atoms with Crippen molar-refractivity contribution < 1.29 is 4.79 Å². The molecule has 134 valence electrons. The molecule has 2 aromatic heterocycles. The van der Waals surface area contributed by atoms with E-state index < -0.39 is 0 Å². The van der Waals surface area contributed by atoms with Gasteiger partial charge in [0.05, 0.1) is 18.3 Å². The first kappa shape index (κ1) is 17.7. The Labute approximate surface area is 153 Å². The minimum absolute atomic E-state index is 0.0359. The smallest absolute Gasteiger partial charge is 0.321 e. The van der Waals surface area contributed by atoms with Crippen molar-refractivity contribution in [2.75, 3.05) is 12.4 Å². The number of urea groups is 1. The van der Waals surface area contributed by atoms with Gasteiger partial charge >= 0.3 is 6.03 Å². The van der Waals surface area contributed by atoms with Crippen LogP contribution in [-0.4, -0.2) is 32.7 Å². The van der Waals surface area contributed by atoms with Crippen LogP contribution in [0.5, 0.6) is 0 Å². The average molecular weight is 349 g/mol. The van der Waals surface area contributed by atoms with Crippen molar-refractivity contribution in [2.24, 2.45) is 0 Å². The Morgan fingerprint density at radius 3 is 2.65 bits per heavy atom. The van der Waals surface area contributed by atoms with Gasteiger partial charge in [0.25, 0.3) is 0 Å².